The van der Waals surface area contributed by atoms with Crippen molar-refractivity contribution in [2.24, 2.45) is 7.05 Å². The summed E-state index contributed by atoms with van der Waals surface area (Å²) in [6, 6.07) is 3.72. The first-order chi connectivity index (χ1) is 8.65. The lowest BCUT2D eigenvalue weighted by atomic mass is 10.2. The van der Waals surface area contributed by atoms with Gasteiger partial charge >= 0.3 is 5.97 Å². The van der Waals surface area contributed by atoms with Crippen LogP contribution in [0.3, 0.4) is 0 Å². The zero-order chi connectivity index (χ0) is 13.1. The van der Waals surface area contributed by atoms with Gasteiger partial charge in [0, 0.05) is 30.7 Å². The maximum Gasteiger partial charge on any atom is 0.358 e. The molecule has 0 spiro atoms. The number of esters is 1. The summed E-state index contributed by atoms with van der Waals surface area (Å²) in [6.45, 7) is 3.98. The van der Waals surface area contributed by atoms with Crippen LogP contribution in [-0.4, -0.2) is 27.1 Å². The first kappa shape index (κ1) is 12.3. The van der Waals surface area contributed by atoms with Crippen LogP contribution in [-0.2, 0) is 11.8 Å². The van der Waals surface area contributed by atoms with E-state index in [1.807, 2.05) is 30.7 Å². The molecular weight excluding hydrogens is 230 g/mol. The van der Waals surface area contributed by atoms with E-state index in [1.54, 1.807) is 19.3 Å². The van der Waals surface area contributed by atoms with Gasteiger partial charge in [-0.2, -0.15) is 0 Å². The first-order valence-electron chi connectivity index (χ1n) is 5.76. The van der Waals surface area contributed by atoms with Gasteiger partial charge in [0.15, 0.2) is 5.69 Å². The normalized spacial score (nSPS) is 10.4. The summed E-state index contributed by atoms with van der Waals surface area (Å²) in [7, 11) is 1.88. The maximum atomic E-state index is 11.8. The second-order valence-electron chi connectivity index (χ2n) is 3.88. The van der Waals surface area contributed by atoms with Crippen molar-refractivity contribution < 1.29 is 9.53 Å². The lowest BCUT2D eigenvalue weighted by Crippen LogP contribution is -2.07. The van der Waals surface area contributed by atoms with E-state index in [-0.39, 0.29) is 5.97 Å². The Morgan fingerprint density at radius 1 is 1.39 bits per heavy atom. The Morgan fingerprint density at radius 2 is 2.06 bits per heavy atom. The van der Waals surface area contributed by atoms with E-state index in [0.29, 0.717) is 12.3 Å². The number of aromatic nitrogens is 3. The molecule has 2 heterocycles. The lowest BCUT2D eigenvalue weighted by Gasteiger charge is -2.02. The number of rotatable bonds is 3. The molecule has 0 atom stereocenters. The second kappa shape index (κ2) is 5.00. The van der Waals surface area contributed by atoms with E-state index >= 15 is 0 Å². The summed E-state index contributed by atoms with van der Waals surface area (Å²) in [5, 5.41) is 0. The number of carbonyl (C=O) groups excluding carboxylic acids is 1. The largest absolute Gasteiger partial charge is 0.461 e. The smallest absolute Gasteiger partial charge is 0.358 e. The van der Waals surface area contributed by atoms with Gasteiger partial charge in [-0.05, 0) is 26.0 Å². The van der Waals surface area contributed by atoms with E-state index in [9.17, 15) is 4.79 Å². The molecule has 0 aliphatic heterocycles. The van der Waals surface area contributed by atoms with Crippen molar-refractivity contribution in [3.63, 3.8) is 0 Å². The first-order valence-corrected chi connectivity index (χ1v) is 5.76. The van der Waals surface area contributed by atoms with Gasteiger partial charge in [-0.15, -0.1) is 0 Å². The SMILES string of the molecule is CCOC(=O)c1nc(-c2ccncc2)n(C)c1C. The minimum Gasteiger partial charge on any atom is -0.461 e. The molecule has 0 unspecified atom stereocenters. The quantitative estimate of drug-likeness (QED) is 0.776. The molecule has 0 aliphatic carbocycles. The van der Waals surface area contributed by atoms with E-state index in [1.165, 1.54) is 0 Å². The standard InChI is InChI=1S/C13H15N3O2/c1-4-18-13(17)11-9(2)16(3)12(15-11)10-5-7-14-8-6-10/h5-8H,4H2,1-3H3. The highest BCUT2D eigenvalue weighted by Gasteiger charge is 2.19. The van der Waals surface area contributed by atoms with Gasteiger partial charge in [-0.1, -0.05) is 0 Å². The summed E-state index contributed by atoms with van der Waals surface area (Å²) in [5.74, 6) is 0.351. The van der Waals surface area contributed by atoms with Crippen LogP contribution in [0.25, 0.3) is 11.4 Å². The van der Waals surface area contributed by atoms with Gasteiger partial charge in [0.1, 0.15) is 5.82 Å². The predicted octanol–water partition coefficient (Wildman–Crippen LogP) is 1.97. The molecule has 5 nitrogen and oxygen atoms in total. The highest BCUT2D eigenvalue weighted by atomic mass is 16.5. The minimum absolute atomic E-state index is 0.347. The Morgan fingerprint density at radius 3 is 2.67 bits per heavy atom. The number of pyridine rings is 1. The number of carbonyl (C=O) groups is 1. The van der Waals surface area contributed by atoms with Crippen LogP contribution in [0.15, 0.2) is 24.5 Å². The monoisotopic (exact) mass is 245 g/mol. The van der Waals surface area contributed by atoms with Gasteiger partial charge < -0.3 is 9.30 Å². The van der Waals surface area contributed by atoms with Crippen LogP contribution in [0.4, 0.5) is 0 Å². The summed E-state index contributed by atoms with van der Waals surface area (Å²) in [5.41, 5.74) is 2.08. The van der Waals surface area contributed by atoms with Gasteiger partial charge in [0.05, 0.1) is 6.61 Å². The number of hydrogen-bond acceptors (Lipinski definition) is 4. The lowest BCUT2D eigenvalue weighted by molar-refractivity contribution is 0.0519. The fourth-order valence-electron chi connectivity index (χ4n) is 1.73. The molecule has 0 saturated carbocycles. The molecule has 2 aromatic rings. The molecule has 0 aromatic carbocycles. The summed E-state index contributed by atoms with van der Waals surface area (Å²) in [4.78, 5) is 20.1. The molecule has 0 bridgehead atoms. The second-order valence-corrected chi connectivity index (χ2v) is 3.88. The number of nitrogens with zero attached hydrogens (tertiary/aromatic N) is 3. The minimum atomic E-state index is -0.383. The number of imidazole rings is 1. The van der Waals surface area contributed by atoms with Gasteiger partial charge in [0.2, 0.25) is 0 Å². The average Bonchev–Trinajstić information content (AvgIpc) is 2.68. The molecular formula is C13H15N3O2. The molecule has 2 aromatic heterocycles. The van der Waals surface area contributed by atoms with Crippen molar-refractivity contribution in [3.05, 3.63) is 35.9 Å². The van der Waals surface area contributed by atoms with Crippen LogP contribution >= 0.6 is 0 Å². The Balaban J connectivity index is 2.46. The molecule has 0 amide bonds. The van der Waals surface area contributed by atoms with E-state index < -0.39 is 0 Å². The van der Waals surface area contributed by atoms with Crippen LogP contribution in [0, 0.1) is 6.92 Å². The Bertz CT molecular complexity index is 561. The third-order valence-corrected chi connectivity index (χ3v) is 2.79. The molecule has 18 heavy (non-hydrogen) atoms. The third kappa shape index (κ3) is 2.11. The van der Waals surface area contributed by atoms with E-state index in [4.69, 9.17) is 4.74 Å². The number of ether oxygens (including phenoxy) is 1. The Hall–Kier alpha value is -2.17. The van der Waals surface area contributed by atoms with Crippen LogP contribution < -0.4 is 0 Å². The van der Waals surface area contributed by atoms with Crippen molar-refractivity contribution in [2.75, 3.05) is 6.61 Å². The van der Waals surface area contributed by atoms with Gasteiger partial charge in [-0.25, -0.2) is 9.78 Å². The van der Waals surface area contributed by atoms with Crippen molar-refractivity contribution in [2.45, 2.75) is 13.8 Å². The summed E-state index contributed by atoms with van der Waals surface area (Å²) in [6.07, 6.45) is 3.40. The van der Waals surface area contributed by atoms with Crippen molar-refractivity contribution in [1.29, 1.82) is 0 Å². The number of hydrogen-bond donors (Lipinski definition) is 0. The van der Waals surface area contributed by atoms with E-state index in [0.717, 1.165) is 17.1 Å². The summed E-state index contributed by atoms with van der Waals surface area (Å²) < 4.78 is 6.86. The van der Waals surface area contributed by atoms with E-state index in [2.05, 4.69) is 9.97 Å². The zero-order valence-electron chi connectivity index (χ0n) is 10.7. The highest BCUT2D eigenvalue weighted by molar-refractivity contribution is 5.89. The van der Waals surface area contributed by atoms with Crippen molar-refractivity contribution in [3.8, 4) is 11.4 Å². The average molecular weight is 245 g/mol. The molecule has 2 rings (SSSR count). The fraction of sp³-hybridized carbons (Fsp3) is 0.308. The van der Waals surface area contributed by atoms with Crippen LogP contribution in [0.1, 0.15) is 23.1 Å². The molecule has 0 N–H and O–H groups in total. The maximum absolute atomic E-state index is 11.8. The highest BCUT2D eigenvalue weighted by Crippen LogP contribution is 2.20. The fourth-order valence-corrected chi connectivity index (χ4v) is 1.73. The van der Waals surface area contributed by atoms with Crippen LogP contribution in [0.5, 0.6) is 0 Å². The Labute approximate surface area is 105 Å². The molecule has 0 saturated heterocycles. The molecule has 0 radical (unpaired) electrons. The van der Waals surface area contributed by atoms with Gasteiger partial charge in [0.25, 0.3) is 0 Å². The third-order valence-electron chi connectivity index (χ3n) is 2.79. The molecule has 0 aliphatic rings. The predicted molar refractivity (Wildman–Crippen MR) is 67.1 cm³/mol. The van der Waals surface area contributed by atoms with Crippen LogP contribution in [0.2, 0.25) is 0 Å². The zero-order valence-corrected chi connectivity index (χ0v) is 10.7. The Kier molecular flexibility index (Phi) is 3.41. The molecule has 94 valence electrons. The summed E-state index contributed by atoms with van der Waals surface area (Å²) >= 11 is 0. The van der Waals surface area contributed by atoms with Crippen molar-refractivity contribution in [1.82, 2.24) is 14.5 Å². The van der Waals surface area contributed by atoms with Gasteiger partial charge in [-0.3, -0.25) is 4.98 Å². The van der Waals surface area contributed by atoms with Crippen molar-refractivity contribution >= 4 is 5.97 Å². The topological polar surface area (TPSA) is 57.0 Å². The molecule has 5 heteroatoms. The molecule has 0 fully saturated rings.